The van der Waals surface area contributed by atoms with Crippen LogP contribution in [0.3, 0.4) is 0 Å². The zero-order valence-corrected chi connectivity index (χ0v) is 14.9. The van der Waals surface area contributed by atoms with Gasteiger partial charge < -0.3 is 5.11 Å². The molecule has 2 heterocycles. The van der Waals surface area contributed by atoms with Crippen molar-refractivity contribution in [2.24, 2.45) is 5.92 Å². The van der Waals surface area contributed by atoms with E-state index in [2.05, 4.69) is 4.98 Å². The molecule has 6 nitrogen and oxygen atoms in total. The van der Waals surface area contributed by atoms with Crippen LogP contribution in [0.2, 0.25) is 5.02 Å². The van der Waals surface area contributed by atoms with Gasteiger partial charge in [0, 0.05) is 29.1 Å². The number of hydrogen-bond donors (Lipinski definition) is 1. The van der Waals surface area contributed by atoms with Crippen LogP contribution in [0.4, 0.5) is 0 Å². The van der Waals surface area contributed by atoms with E-state index < -0.39 is 21.9 Å². The number of nitrogens with zero attached hydrogens (tertiary/aromatic N) is 2. The molecule has 1 aliphatic rings. The van der Waals surface area contributed by atoms with Gasteiger partial charge in [0.05, 0.1) is 5.92 Å². The van der Waals surface area contributed by atoms with Crippen molar-refractivity contribution in [2.75, 3.05) is 13.1 Å². The van der Waals surface area contributed by atoms with Crippen LogP contribution >= 0.6 is 22.9 Å². The number of hydrogen-bond acceptors (Lipinski definition) is 5. The third-order valence-electron chi connectivity index (χ3n) is 3.91. The number of aromatic nitrogens is 1. The Morgan fingerprint density at radius 2 is 2.04 bits per heavy atom. The van der Waals surface area contributed by atoms with E-state index in [0.717, 1.165) is 5.56 Å². The van der Waals surface area contributed by atoms with Crippen molar-refractivity contribution in [3.8, 4) is 10.6 Å². The van der Waals surface area contributed by atoms with Crippen molar-refractivity contribution in [1.82, 2.24) is 9.29 Å². The van der Waals surface area contributed by atoms with E-state index in [4.69, 9.17) is 16.7 Å². The third kappa shape index (κ3) is 3.46. The molecule has 1 atom stereocenters. The lowest BCUT2D eigenvalue weighted by atomic mass is 10.0. The van der Waals surface area contributed by atoms with Gasteiger partial charge in [0.25, 0.3) is 10.0 Å². The van der Waals surface area contributed by atoms with Gasteiger partial charge in [-0.15, -0.1) is 11.3 Å². The van der Waals surface area contributed by atoms with Gasteiger partial charge in [-0.05, 0) is 25.0 Å². The number of aliphatic carboxylic acids is 1. The summed E-state index contributed by atoms with van der Waals surface area (Å²) in [6.07, 6.45) is 1.03. The molecular formula is C15H15ClN2O4S2. The van der Waals surface area contributed by atoms with Crippen LogP contribution in [-0.2, 0) is 14.8 Å². The number of rotatable bonds is 4. The molecule has 0 radical (unpaired) electrons. The molecule has 1 aliphatic heterocycles. The number of carbonyl (C=O) groups is 1. The van der Waals surface area contributed by atoms with Crippen LogP contribution in [0.15, 0.2) is 34.7 Å². The van der Waals surface area contributed by atoms with E-state index in [1.54, 1.807) is 24.3 Å². The maximum atomic E-state index is 12.7. The van der Waals surface area contributed by atoms with Gasteiger partial charge in [0.2, 0.25) is 0 Å². The minimum Gasteiger partial charge on any atom is -0.481 e. The van der Waals surface area contributed by atoms with Gasteiger partial charge in [0.1, 0.15) is 5.01 Å². The molecule has 1 N–H and O–H groups in total. The fraction of sp³-hybridized carbons (Fsp3) is 0.333. The molecule has 3 rings (SSSR count). The highest BCUT2D eigenvalue weighted by atomic mass is 35.5. The Balaban J connectivity index is 1.85. The first kappa shape index (κ1) is 17.3. The fourth-order valence-electron chi connectivity index (χ4n) is 2.60. The van der Waals surface area contributed by atoms with E-state index in [0.29, 0.717) is 29.4 Å². The molecule has 0 spiro atoms. The smallest absolute Gasteiger partial charge is 0.307 e. The Hall–Kier alpha value is -1.48. The van der Waals surface area contributed by atoms with Crippen molar-refractivity contribution >= 4 is 38.9 Å². The number of halogens is 1. The zero-order chi connectivity index (χ0) is 17.3. The molecular weight excluding hydrogens is 372 g/mol. The minimum atomic E-state index is -3.78. The molecule has 1 aromatic heterocycles. The summed E-state index contributed by atoms with van der Waals surface area (Å²) in [6, 6.07) is 6.99. The standard InChI is InChI=1S/C15H15ClN2O4S2/c16-12-5-3-10(4-6-12)14-17-13(9-23-14)24(21,22)18-7-1-2-11(8-18)15(19)20/h3-6,9,11H,1-2,7-8H2,(H,19,20). The molecule has 1 aromatic carbocycles. The van der Waals surface area contributed by atoms with Crippen molar-refractivity contribution in [2.45, 2.75) is 17.9 Å². The summed E-state index contributed by atoms with van der Waals surface area (Å²) in [5.74, 6) is -1.63. The number of benzene rings is 1. The van der Waals surface area contributed by atoms with Crippen LogP contribution in [0.25, 0.3) is 10.6 Å². The van der Waals surface area contributed by atoms with E-state index in [9.17, 15) is 13.2 Å². The molecule has 9 heteroatoms. The first-order chi connectivity index (χ1) is 11.4. The SMILES string of the molecule is O=C(O)C1CCCN(S(=O)(=O)c2csc(-c3ccc(Cl)cc3)n2)C1. The first-order valence-electron chi connectivity index (χ1n) is 7.32. The largest absolute Gasteiger partial charge is 0.481 e. The molecule has 24 heavy (non-hydrogen) atoms. The highest BCUT2D eigenvalue weighted by molar-refractivity contribution is 7.89. The number of sulfonamides is 1. The third-order valence-corrected chi connectivity index (χ3v) is 6.95. The quantitative estimate of drug-likeness (QED) is 0.872. The van der Waals surface area contributed by atoms with Gasteiger partial charge in [0.15, 0.2) is 5.03 Å². The molecule has 1 saturated heterocycles. The predicted molar refractivity (Wildman–Crippen MR) is 91.7 cm³/mol. The molecule has 0 amide bonds. The summed E-state index contributed by atoms with van der Waals surface area (Å²) >= 11 is 7.08. The molecule has 2 aromatic rings. The average molecular weight is 387 g/mol. The lowest BCUT2D eigenvalue weighted by Gasteiger charge is -2.29. The Labute approximate surface area is 148 Å². The van der Waals surface area contributed by atoms with E-state index in [1.807, 2.05) is 0 Å². The van der Waals surface area contributed by atoms with Gasteiger partial charge in [-0.25, -0.2) is 13.4 Å². The van der Waals surface area contributed by atoms with Crippen molar-refractivity contribution in [1.29, 1.82) is 0 Å². The molecule has 0 saturated carbocycles. The monoisotopic (exact) mass is 386 g/mol. The Bertz CT molecular complexity index is 849. The molecule has 0 bridgehead atoms. The highest BCUT2D eigenvalue weighted by Gasteiger charge is 2.34. The predicted octanol–water partition coefficient (Wildman–Crippen LogP) is 2.95. The summed E-state index contributed by atoms with van der Waals surface area (Å²) in [7, 11) is -3.78. The topological polar surface area (TPSA) is 87.6 Å². The average Bonchev–Trinajstić information content (AvgIpc) is 3.06. The van der Waals surface area contributed by atoms with Crippen molar-refractivity contribution in [3.63, 3.8) is 0 Å². The second-order valence-electron chi connectivity index (χ2n) is 5.54. The van der Waals surface area contributed by atoms with Gasteiger partial charge in [-0.1, -0.05) is 23.7 Å². The van der Waals surface area contributed by atoms with Gasteiger partial charge >= 0.3 is 5.97 Å². The number of carboxylic acid groups (broad SMARTS) is 1. The number of thiazole rings is 1. The van der Waals surface area contributed by atoms with E-state index in [1.165, 1.54) is 21.0 Å². The highest BCUT2D eigenvalue weighted by Crippen LogP contribution is 2.29. The first-order valence-corrected chi connectivity index (χ1v) is 10.0. The van der Waals surface area contributed by atoms with E-state index in [-0.39, 0.29) is 11.6 Å². The summed E-state index contributed by atoms with van der Waals surface area (Å²) in [5, 5.41) is 11.7. The van der Waals surface area contributed by atoms with Crippen LogP contribution in [0.1, 0.15) is 12.8 Å². The fourth-order valence-corrected chi connectivity index (χ4v) is 5.32. The zero-order valence-electron chi connectivity index (χ0n) is 12.6. The summed E-state index contributed by atoms with van der Waals surface area (Å²) < 4.78 is 26.6. The van der Waals surface area contributed by atoms with Gasteiger partial charge in [-0.2, -0.15) is 4.31 Å². The molecule has 128 valence electrons. The Kier molecular flexibility index (Phi) is 4.91. The van der Waals surface area contributed by atoms with E-state index >= 15 is 0 Å². The van der Waals surface area contributed by atoms with Crippen LogP contribution in [0, 0.1) is 5.92 Å². The Morgan fingerprint density at radius 1 is 1.33 bits per heavy atom. The molecule has 1 unspecified atom stereocenters. The summed E-state index contributed by atoms with van der Waals surface area (Å²) in [4.78, 5) is 15.4. The normalized spacial score (nSPS) is 19.3. The molecule has 0 aliphatic carbocycles. The van der Waals surface area contributed by atoms with Crippen LogP contribution < -0.4 is 0 Å². The lowest BCUT2D eigenvalue weighted by molar-refractivity contribution is -0.142. The second-order valence-corrected chi connectivity index (χ2v) is 8.72. The van der Waals surface area contributed by atoms with Crippen LogP contribution in [-0.4, -0.2) is 41.9 Å². The molecule has 1 fully saturated rings. The Morgan fingerprint density at radius 3 is 2.71 bits per heavy atom. The van der Waals surface area contributed by atoms with Crippen LogP contribution in [0.5, 0.6) is 0 Å². The van der Waals surface area contributed by atoms with Crippen molar-refractivity contribution in [3.05, 3.63) is 34.7 Å². The number of carboxylic acids is 1. The lowest BCUT2D eigenvalue weighted by Crippen LogP contribution is -2.42. The number of piperidine rings is 1. The van der Waals surface area contributed by atoms with Gasteiger partial charge in [-0.3, -0.25) is 4.79 Å². The maximum Gasteiger partial charge on any atom is 0.307 e. The summed E-state index contributed by atoms with van der Waals surface area (Å²) in [5.41, 5.74) is 0.785. The minimum absolute atomic E-state index is 0.00846. The summed E-state index contributed by atoms with van der Waals surface area (Å²) in [6.45, 7) is 0.311. The maximum absolute atomic E-state index is 12.7. The second kappa shape index (κ2) is 6.79. The van der Waals surface area contributed by atoms with Crippen molar-refractivity contribution < 1.29 is 18.3 Å².